The molecule has 0 aliphatic carbocycles. The highest BCUT2D eigenvalue weighted by Crippen LogP contribution is 2.07. The Morgan fingerprint density at radius 1 is 0.429 bits per heavy atom. The maximum absolute atomic E-state index is 4.08. The van der Waals surface area contributed by atoms with Gasteiger partial charge in [-0.3, -0.25) is 0 Å². The quantitative estimate of drug-likeness (QED) is 0.408. The molecule has 0 nitrogen and oxygen atoms in total. The van der Waals surface area contributed by atoms with Gasteiger partial charge in [0.05, 0.1) is 0 Å². The van der Waals surface area contributed by atoms with Crippen LogP contribution in [-0.4, -0.2) is 0 Å². The van der Waals surface area contributed by atoms with Crippen LogP contribution in [-0.2, 0) is 6.42 Å². The van der Waals surface area contributed by atoms with Crippen LogP contribution in [0, 0.1) is 0 Å². The monoisotopic (exact) mass is 398 g/mol. The van der Waals surface area contributed by atoms with Gasteiger partial charge in [0.25, 0.3) is 0 Å². The first-order chi connectivity index (χ1) is 13.8. The van der Waals surface area contributed by atoms with Gasteiger partial charge in [-0.1, -0.05) is 134 Å². The third-order valence-corrected chi connectivity index (χ3v) is 3.15. The zero-order valence-electron chi connectivity index (χ0n) is 19.3. The summed E-state index contributed by atoms with van der Waals surface area (Å²) in [6, 6.07) is 30.9. The van der Waals surface area contributed by atoms with Gasteiger partial charge in [0, 0.05) is 4.90 Å². The number of thiol groups is 1. The standard InChI is InChI=1S/C13H12.C6H6S.4C2H6/c1-3-7-12(8-4-1)11-13-9-5-2-6-10-13;7-6-4-2-1-3-5-6;4*1-2/h1-10H,11H2;1-5,7H;4*1-2H3. The molecule has 0 bridgehead atoms. The van der Waals surface area contributed by atoms with Crippen molar-refractivity contribution < 1.29 is 0 Å². The van der Waals surface area contributed by atoms with Crippen molar-refractivity contribution in [1.29, 1.82) is 0 Å². The minimum absolute atomic E-state index is 1.02. The SMILES string of the molecule is CC.CC.CC.CC.Sc1ccccc1.c1ccc(Cc2ccccc2)cc1. The lowest BCUT2D eigenvalue weighted by atomic mass is 10.1. The molecule has 1 heteroatoms. The van der Waals surface area contributed by atoms with Crippen molar-refractivity contribution in [2.24, 2.45) is 0 Å². The summed E-state index contributed by atoms with van der Waals surface area (Å²) in [5.74, 6) is 0. The minimum Gasteiger partial charge on any atom is -0.143 e. The summed E-state index contributed by atoms with van der Waals surface area (Å²) in [6.45, 7) is 16.0. The van der Waals surface area contributed by atoms with E-state index in [2.05, 4.69) is 73.3 Å². The molecule has 0 radical (unpaired) electrons. The fraction of sp³-hybridized carbons (Fsp3) is 0.333. The van der Waals surface area contributed by atoms with Crippen molar-refractivity contribution in [3.8, 4) is 0 Å². The van der Waals surface area contributed by atoms with E-state index in [1.165, 1.54) is 11.1 Å². The molecule has 3 aromatic rings. The second-order valence-electron chi connectivity index (χ2n) is 4.48. The summed E-state index contributed by atoms with van der Waals surface area (Å²) >= 11 is 4.08. The Kier molecular flexibility index (Phi) is 29.9. The number of rotatable bonds is 2. The molecule has 0 aliphatic rings. The highest BCUT2D eigenvalue weighted by Gasteiger charge is 1.92. The van der Waals surface area contributed by atoms with E-state index < -0.39 is 0 Å². The molecule has 156 valence electrons. The van der Waals surface area contributed by atoms with Gasteiger partial charge in [-0.05, 0) is 29.7 Å². The molecule has 0 saturated carbocycles. The molecule has 0 atom stereocenters. The highest BCUT2D eigenvalue weighted by molar-refractivity contribution is 7.80. The summed E-state index contributed by atoms with van der Waals surface area (Å²) in [6.07, 6.45) is 1.03. The third kappa shape index (κ3) is 18.8. The Labute approximate surface area is 181 Å². The van der Waals surface area contributed by atoms with Gasteiger partial charge < -0.3 is 0 Å². The average molecular weight is 399 g/mol. The average Bonchev–Trinajstić information content (AvgIpc) is 2.82. The first-order valence-electron chi connectivity index (χ1n) is 10.7. The normalized spacial score (nSPS) is 7.61. The van der Waals surface area contributed by atoms with Gasteiger partial charge in [0.15, 0.2) is 0 Å². The lowest BCUT2D eigenvalue weighted by molar-refractivity contribution is 1.19. The number of benzene rings is 3. The molecule has 0 fully saturated rings. The van der Waals surface area contributed by atoms with Gasteiger partial charge in [-0.15, -0.1) is 12.6 Å². The lowest BCUT2D eigenvalue weighted by Crippen LogP contribution is -1.85. The van der Waals surface area contributed by atoms with Crippen molar-refractivity contribution in [3.05, 3.63) is 102 Å². The van der Waals surface area contributed by atoms with Crippen LogP contribution in [0.5, 0.6) is 0 Å². The highest BCUT2D eigenvalue weighted by atomic mass is 32.1. The molecule has 0 aromatic heterocycles. The Balaban J connectivity index is -0.000000355. The van der Waals surface area contributed by atoms with Crippen molar-refractivity contribution in [3.63, 3.8) is 0 Å². The molecule has 0 heterocycles. The maximum Gasteiger partial charge on any atom is 0.00399 e. The van der Waals surface area contributed by atoms with Crippen LogP contribution < -0.4 is 0 Å². The van der Waals surface area contributed by atoms with E-state index >= 15 is 0 Å². The van der Waals surface area contributed by atoms with Crippen LogP contribution in [0.2, 0.25) is 0 Å². The zero-order valence-corrected chi connectivity index (χ0v) is 20.2. The molecule has 0 aliphatic heterocycles. The maximum atomic E-state index is 4.08. The number of hydrogen-bond donors (Lipinski definition) is 1. The van der Waals surface area contributed by atoms with E-state index in [9.17, 15) is 0 Å². The van der Waals surface area contributed by atoms with Gasteiger partial charge in [-0.25, -0.2) is 0 Å². The lowest BCUT2D eigenvalue weighted by Gasteiger charge is -2.00. The van der Waals surface area contributed by atoms with E-state index in [0.717, 1.165) is 11.3 Å². The summed E-state index contributed by atoms with van der Waals surface area (Å²) in [5.41, 5.74) is 2.74. The summed E-state index contributed by atoms with van der Waals surface area (Å²) < 4.78 is 0. The molecule has 28 heavy (non-hydrogen) atoms. The van der Waals surface area contributed by atoms with Crippen LogP contribution in [0.1, 0.15) is 66.5 Å². The predicted octanol–water partition coefficient (Wildman–Crippen LogP) is 9.36. The fourth-order valence-corrected chi connectivity index (χ4v) is 2.03. The summed E-state index contributed by atoms with van der Waals surface area (Å²) in [5, 5.41) is 0. The van der Waals surface area contributed by atoms with E-state index in [0.29, 0.717) is 0 Å². The van der Waals surface area contributed by atoms with E-state index in [1.54, 1.807) is 0 Å². The molecular formula is C27H42S. The Bertz CT molecular complexity index is 551. The van der Waals surface area contributed by atoms with Gasteiger partial charge >= 0.3 is 0 Å². The predicted molar refractivity (Wildman–Crippen MR) is 135 cm³/mol. The van der Waals surface area contributed by atoms with Crippen molar-refractivity contribution in [2.45, 2.75) is 66.7 Å². The summed E-state index contributed by atoms with van der Waals surface area (Å²) in [7, 11) is 0. The van der Waals surface area contributed by atoms with Gasteiger partial charge in [0.2, 0.25) is 0 Å². The minimum atomic E-state index is 1.02. The van der Waals surface area contributed by atoms with E-state index in [1.807, 2.05) is 85.7 Å². The Hall–Kier alpha value is -1.99. The molecule has 0 N–H and O–H groups in total. The fourth-order valence-electron chi connectivity index (χ4n) is 1.86. The largest absolute Gasteiger partial charge is 0.143 e. The van der Waals surface area contributed by atoms with Gasteiger partial charge in [0.1, 0.15) is 0 Å². The molecule has 0 spiro atoms. The molecule has 0 unspecified atom stereocenters. The molecule has 3 aromatic carbocycles. The second-order valence-corrected chi connectivity index (χ2v) is 5.00. The van der Waals surface area contributed by atoms with Crippen molar-refractivity contribution >= 4 is 12.6 Å². The van der Waals surface area contributed by atoms with E-state index in [-0.39, 0.29) is 0 Å². The van der Waals surface area contributed by atoms with Crippen LogP contribution in [0.15, 0.2) is 95.9 Å². The summed E-state index contributed by atoms with van der Waals surface area (Å²) in [4.78, 5) is 1.02. The molecular weight excluding hydrogens is 356 g/mol. The Morgan fingerprint density at radius 2 is 0.679 bits per heavy atom. The Morgan fingerprint density at radius 3 is 0.893 bits per heavy atom. The van der Waals surface area contributed by atoms with E-state index in [4.69, 9.17) is 0 Å². The van der Waals surface area contributed by atoms with Crippen molar-refractivity contribution in [1.82, 2.24) is 0 Å². The number of hydrogen-bond acceptors (Lipinski definition) is 1. The van der Waals surface area contributed by atoms with Crippen LogP contribution in [0.3, 0.4) is 0 Å². The first-order valence-corrected chi connectivity index (χ1v) is 11.1. The topological polar surface area (TPSA) is 0 Å². The molecule has 0 amide bonds. The second kappa shape index (κ2) is 27.2. The smallest absolute Gasteiger partial charge is 0.00399 e. The zero-order chi connectivity index (χ0) is 22.0. The third-order valence-electron chi connectivity index (χ3n) is 2.85. The molecule has 0 saturated heterocycles. The molecule has 3 rings (SSSR count). The van der Waals surface area contributed by atoms with Crippen LogP contribution in [0.4, 0.5) is 0 Å². The van der Waals surface area contributed by atoms with Crippen LogP contribution in [0.25, 0.3) is 0 Å². The van der Waals surface area contributed by atoms with Crippen molar-refractivity contribution in [2.75, 3.05) is 0 Å². The first kappa shape index (κ1) is 30.7. The van der Waals surface area contributed by atoms with Gasteiger partial charge in [-0.2, -0.15) is 0 Å². The van der Waals surface area contributed by atoms with Crippen LogP contribution >= 0.6 is 12.6 Å².